The quantitative estimate of drug-likeness (QED) is 0.605. The van der Waals surface area contributed by atoms with Crippen LogP contribution in [-0.2, 0) is 0 Å². The maximum Gasteiger partial charge on any atom is 0.460 e. The van der Waals surface area contributed by atoms with Crippen LogP contribution in [0.3, 0.4) is 0 Å². The van der Waals surface area contributed by atoms with Crippen molar-refractivity contribution in [2.24, 2.45) is 0 Å². The van der Waals surface area contributed by atoms with Gasteiger partial charge >= 0.3 is 24.4 Å². The molecule has 1 aromatic rings. The minimum Gasteiger partial charge on any atom is -0.454 e. The van der Waals surface area contributed by atoms with Gasteiger partial charge in [-0.3, -0.25) is 4.79 Å². The van der Waals surface area contributed by atoms with Crippen molar-refractivity contribution in [2.75, 3.05) is 0 Å². The van der Waals surface area contributed by atoms with Gasteiger partial charge in [-0.05, 0) is 24.3 Å². The van der Waals surface area contributed by atoms with E-state index in [0.717, 1.165) is 24.3 Å². The van der Waals surface area contributed by atoms with Crippen molar-refractivity contribution in [1.82, 2.24) is 0 Å². The average molecular weight is 322 g/mol. The van der Waals surface area contributed by atoms with Crippen LogP contribution in [0.5, 0.6) is 5.75 Å². The van der Waals surface area contributed by atoms with Crippen LogP contribution in [0, 0.1) is 0 Å². The second-order valence-electron chi connectivity index (χ2n) is 3.82. The molecule has 0 radical (unpaired) electrons. The number of carbonyl (C=O) groups is 1. The molecule has 0 aliphatic rings. The van der Waals surface area contributed by atoms with Crippen LogP contribution < -0.4 is 4.74 Å². The Labute approximate surface area is 112 Å². The number of benzene rings is 1. The van der Waals surface area contributed by atoms with Crippen molar-refractivity contribution in [1.29, 1.82) is 0 Å². The lowest BCUT2D eigenvalue weighted by molar-refractivity contribution is -0.379. The molecule has 0 aliphatic heterocycles. The average Bonchev–Trinajstić information content (AvgIpc) is 2.38. The standard InChI is InChI=1S/C11H6F8O2/c12-8(9(13,14)10(15,16)11(17,18)19)21-7-3-1-6(5-20)2-4-7/h1-5,8H. The third-order valence-electron chi connectivity index (χ3n) is 2.32. The Hall–Kier alpha value is -1.87. The molecule has 2 nitrogen and oxygen atoms in total. The largest absolute Gasteiger partial charge is 0.460 e. The van der Waals surface area contributed by atoms with Crippen molar-refractivity contribution in [2.45, 2.75) is 24.4 Å². The smallest absolute Gasteiger partial charge is 0.454 e. The van der Waals surface area contributed by atoms with Gasteiger partial charge in [0.2, 0.25) is 0 Å². The summed E-state index contributed by atoms with van der Waals surface area (Å²) in [6.45, 7) is 0. The van der Waals surface area contributed by atoms with E-state index in [2.05, 4.69) is 4.74 Å². The van der Waals surface area contributed by atoms with E-state index < -0.39 is 30.1 Å². The first-order valence-electron chi connectivity index (χ1n) is 5.12. The summed E-state index contributed by atoms with van der Waals surface area (Å²) in [6.07, 6.45) is -10.6. The van der Waals surface area contributed by atoms with Crippen LogP contribution in [0.25, 0.3) is 0 Å². The van der Waals surface area contributed by atoms with Crippen molar-refractivity contribution in [3.05, 3.63) is 29.8 Å². The van der Waals surface area contributed by atoms with Crippen LogP contribution in [0.4, 0.5) is 35.1 Å². The summed E-state index contributed by atoms with van der Waals surface area (Å²) in [5, 5.41) is 0. The van der Waals surface area contributed by atoms with Gasteiger partial charge in [0.25, 0.3) is 0 Å². The number of alkyl halides is 8. The van der Waals surface area contributed by atoms with Gasteiger partial charge in [-0.2, -0.15) is 35.1 Å². The lowest BCUT2D eigenvalue weighted by Gasteiger charge is -2.30. The molecule has 0 heterocycles. The van der Waals surface area contributed by atoms with Gasteiger partial charge in [-0.25, -0.2) is 0 Å². The number of rotatable bonds is 5. The Morgan fingerprint density at radius 1 is 0.952 bits per heavy atom. The topological polar surface area (TPSA) is 26.3 Å². The number of hydrogen-bond acceptors (Lipinski definition) is 2. The number of aldehydes is 1. The number of ether oxygens (including phenoxy) is 1. The molecule has 118 valence electrons. The molecule has 0 saturated heterocycles. The maximum absolute atomic E-state index is 13.1. The summed E-state index contributed by atoms with van der Waals surface area (Å²) in [5.74, 6) is -13.5. The highest BCUT2D eigenvalue weighted by Gasteiger charge is 2.77. The van der Waals surface area contributed by atoms with E-state index in [1.54, 1.807) is 0 Å². The monoisotopic (exact) mass is 322 g/mol. The van der Waals surface area contributed by atoms with Crippen LogP contribution in [0.15, 0.2) is 24.3 Å². The first-order chi connectivity index (χ1) is 9.43. The summed E-state index contributed by atoms with van der Waals surface area (Å²) in [7, 11) is 0. The fraction of sp³-hybridized carbons (Fsp3) is 0.364. The van der Waals surface area contributed by atoms with Crippen molar-refractivity contribution < 1.29 is 44.7 Å². The second kappa shape index (κ2) is 5.49. The van der Waals surface area contributed by atoms with E-state index in [0.29, 0.717) is 6.29 Å². The highest BCUT2D eigenvalue weighted by molar-refractivity contribution is 5.74. The van der Waals surface area contributed by atoms with E-state index in [-0.39, 0.29) is 5.56 Å². The number of carbonyl (C=O) groups excluding carboxylic acids is 1. The van der Waals surface area contributed by atoms with Crippen molar-refractivity contribution >= 4 is 6.29 Å². The fourth-order valence-electron chi connectivity index (χ4n) is 1.15. The first-order valence-corrected chi connectivity index (χ1v) is 5.12. The Bertz CT molecular complexity index is 494. The SMILES string of the molecule is O=Cc1ccc(OC(F)C(F)(F)C(F)(F)C(F)(F)F)cc1. The Kier molecular flexibility index (Phi) is 4.49. The highest BCUT2D eigenvalue weighted by atomic mass is 19.4. The molecule has 21 heavy (non-hydrogen) atoms. The Morgan fingerprint density at radius 3 is 1.81 bits per heavy atom. The Morgan fingerprint density at radius 2 is 1.43 bits per heavy atom. The van der Waals surface area contributed by atoms with Gasteiger partial charge in [-0.1, -0.05) is 0 Å². The first kappa shape index (κ1) is 17.2. The highest BCUT2D eigenvalue weighted by Crippen LogP contribution is 2.48. The molecule has 0 amide bonds. The minimum atomic E-state index is -6.65. The lowest BCUT2D eigenvalue weighted by atomic mass is 10.1. The van der Waals surface area contributed by atoms with Crippen LogP contribution in [0.1, 0.15) is 10.4 Å². The summed E-state index contributed by atoms with van der Waals surface area (Å²) in [4.78, 5) is 10.3. The molecule has 0 N–H and O–H groups in total. The predicted molar refractivity (Wildman–Crippen MR) is 53.3 cm³/mol. The fourth-order valence-corrected chi connectivity index (χ4v) is 1.15. The van der Waals surface area contributed by atoms with Crippen LogP contribution in [-0.4, -0.2) is 30.7 Å². The normalized spacial score (nSPS) is 14.7. The summed E-state index contributed by atoms with van der Waals surface area (Å²) in [5.41, 5.74) is 0.0325. The third-order valence-corrected chi connectivity index (χ3v) is 2.32. The molecule has 0 fully saturated rings. The molecule has 0 spiro atoms. The number of hydrogen-bond donors (Lipinski definition) is 0. The zero-order chi connectivity index (χ0) is 16.5. The molecule has 10 heteroatoms. The zero-order valence-corrected chi connectivity index (χ0v) is 9.80. The van der Waals surface area contributed by atoms with Crippen molar-refractivity contribution in [3.63, 3.8) is 0 Å². The van der Waals surface area contributed by atoms with Gasteiger partial charge < -0.3 is 4.74 Å². The van der Waals surface area contributed by atoms with Gasteiger partial charge in [0.1, 0.15) is 12.0 Å². The van der Waals surface area contributed by atoms with E-state index in [4.69, 9.17) is 0 Å². The van der Waals surface area contributed by atoms with Gasteiger partial charge in [-0.15, -0.1) is 0 Å². The van der Waals surface area contributed by atoms with Crippen molar-refractivity contribution in [3.8, 4) is 5.75 Å². The van der Waals surface area contributed by atoms with Gasteiger partial charge in [0, 0.05) is 5.56 Å². The summed E-state index contributed by atoms with van der Waals surface area (Å²) < 4.78 is 103. The molecular weight excluding hydrogens is 316 g/mol. The predicted octanol–water partition coefficient (Wildman–Crippen LogP) is 4.01. The van der Waals surface area contributed by atoms with Gasteiger partial charge in [0.05, 0.1) is 0 Å². The van der Waals surface area contributed by atoms with Crippen LogP contribution in [0.2, 0.25) is 0 Å². The summed E-state index contributed by atoms with van der Waals surface area (Å²) in [6, 6.07) is 3.46. The molecule has 0 saturated carbocycles. The maximum atomic E-state index is 13.1. The third kappa shape index (κ3) is 3.24. The molecular formula is C11H6F8O2. The molecule has 1 aromatic carbocycles. The van der Waals surface area contributed by atoms with E-state index in [9.17, 15) is 39.9 Å². The van der Waals surface area contributed by atoms with Crippen LogP contribution >= 0.6 is 0 Å². The van der Waals surface area contributed by atoms with E-state index in [1.165, 1.54) is 0 Å². The van der Waals surface area contributed by atoms with E-state index in [1.807, 2.05) is 0 Å². The van der Waals surface area contributed by atoms with E-state index >= 15 is 0 Å². The molecule has 1 atom stereocenters. The van der Waals surface area contributed by atoms with Gasteiger partial charge in [0.15, 0.2) is 0 Å². The molecule has 1 unspecified atom stereocenters. The Balaban J connectivity index is 2.95. The molecule has 1 rings (SSSR count). The second-order valence-corrected chi connectivity index (χ2v) is 3.82. The molecule has 0 aliphatic carbocycles. The number of halogens is 8. The summed E-state index contributed by atoms with van der Waals surface area (Å²) >= 11 is 0. The molecule has 0 bridgehead atoms. The molecule has 0 aromatic heterocycles. The lowest BCUT2D eigenvalue weighted by Crippen LogP contribution is -2.58. The minimum absolute atomic E-state index is 0.0325. The zero-order valence-electron chi connectivity index (χ0n) is 9.80.